The van der Waals surface area contributed by atoms with Crippen molar-refractivity contribution in [2.24, 2.45) is 10.7 Å². The Morgan fingerprint density at radius 2 is 2.26 bits per heavy atom. The maximum Gasteiger partial charge on any atom is 0.188 e. The van der Waals surface area contributed by atoms with Crippen LogP contribution in [0.15, 0.2) is 9.52 Å². The molecule has 19 heavy (non-hydrogen) atoms. The Labute approximate surface area is 114 Å². The molecule has 0 spiro atoms. The third-order valence-electron chi connectivity index (χ3n) is 2.80. The molecule has 3 N–H and O–H groups in total. The quantitative estimate of drug-likeness (QED) is 0.420. The van der Waals surface area contributed by atoms with Gasteiger partial charge in [0.15, 0.2) is 5.96 Å². The molecule has 1 aromatic heterocycles. The fourth-order valence-electron chi connectivity index (χ4n) is 1.74. The summed E-state index contributed by atoms with van der Waals surface area (Å²) in [4.78, 5) is 4.22. The number of aromatic nitrogens is 1. The highest BCUT2D eigenvalue weighted by atomic mass is 16.5. The molecule has 0 aliphatic heterocycles. The number of nitrogens with two attached hydrogens (primary N) is 1. The van der Waals surface area contributed by atoms with Gasteiger partial charge >= 0.3 is 0 Å². The topological polar surface area (TPSA) is 85.7 Å². The lowest BCUT2D eigenvalue weighted by Gasteiger charge is -2.05. The third kappa shape index (κ3) is 5.74. The van der Waals surface area contributed by atoms with Gasteiger partial charge in [0.05, 0.1) is 5.69 Å². The molecule has 1 heterocycles. The lowest BCUT2D eigenvalue weighted by Crippen LogP contribution is -2.33. The second kappa shape index (κ2) is 8.53. The van der Waals surface area contributed by atoms with Gasteiger partial charge in [0.25, 0.3) is 0 Å². The second-order valence-corrected chi connectivity index (χ2v) is 4.30. The van der Waals surface area contributed by atoms with Crippen molar-refractivity contribution in [3.63, 3.8) is 0 Å². The number of aryl methyl sites for hydroxylation is 2. The van der Waals surface area contributed by atoms with Crippen LogP contribution in [0.3, 0.4) is 0 Å². The van der Waals surface area contributed by atoms with Gasteiger partial charge in [-0.3, -0.25) is 4.99 Å². The average molecular weight is 268 g/mol. The van der Waals surface area contributed by atoms with E-state index >= 15 is 0 Å². The largest absolute Gasteiger partial charge is 0.382 e. The number of hydrogen-bond donors (Lipinski definition) is 2. The smallest absolute Gasteiger partial charge is 0.188 e. The zero-order valence-corrected chi connectivity index (χ0v) is 12.0. The molecule has 0 atom stereocenters. The van der Waals surface area contributed by atoms with Gasteiger partial charge in [-0.2, -0.15) is 0 Å². The summed E-state index contributed by atoms with van der Waals surface area (Å²) in [6.07, 6.45) is 1.72. The number of hydrogen-bond acceptors (Lipinski definition) is 4. The van der Waals surface area contributed by atoms with Crippen LogP contribution < -0.4 is 11.1 Å². The summed E-state index contributed by atoms with van der Waals surface area (Å²) < 4.78 is 10.3. The number of aliphatic imine (C=N–C) groups is 1. The maximum atomic E-state index is 5.76. The first-order chi connectivity index (χ1) is 9.15. The predicted molar refractivity (Wildman–Crippen MR) is 75.3 cm³/mol. The summed E-state index contributed by atoms with van der Waals surface area (Å²) in [5, 5.41) is 7.00. The Balaban J connectivity index is 2.19. The van der Waals surface area contributed by atoms with Gasteiger partial charge in [-0.15, -0.1) is 0 Å². The zero-order valence-electron chi connectivity index (χ0n) is 12.0. The first-order valence-corrected chi connectivity index (χ1v) is 6.68. The lowest BCUT2D eigenvalue weighted by atomic mass is 10.1. The molecule has 0 unspecified atom stereocenters. The highest BCUT2D eigenvalue weighted by molar-refractivity contribution is 5.77. The van der Waals surface area contributed by atoms with Gasteiger partial charge in [0.2, 0.25) is 0 Å². The first-order valence-electron chi connectivity index (χ1n) is 6.68. The molecule has 0 radical (unpaired) electrons. The van der Waals surface area contributed by atoms with Crippen molar-refractivity contribution in [3.05, 3.63) is 17.0 Å². The number of rotatable bonds is 8. The zero-order chi connectivity index (χ0) is 14.1. The van der Waals surface area contributed by atoms with Gasteiger partial charge in [0.1, 0.15) is 5.76 Å². The summed E-state index contributed by atoms with van der Waals surface area (Å²) in [5.74, 6) is 1.34. The molecule has 1 aromatic rings. The van der Waals surface area contributed by atoms with Crippen molar-refractivity contribution in [3.8, 4) is 0 Å². The Morgan fingerprint density at radius 3 is 2.89 bits per heavy atom. The van der Waals surface area contributed by atoms with E-state index < -0.39 is 0 Å². The summed E-state index contributed by atoms with van der Waals surface area (Å²) >= 11 is 0. The van der Waals surface area contributed by atoms with E-state index in [1.165, 1.54) is 0 Å². The normalized spacial score (nSPS) is 11.8. The monoisotopic (exact) mass is 268 g/mol. The van der Waals surface area contributed by atoms with Crippen LogP contribution in [0, 0.1) is 13.8 Å². The van der Waals surface area contributed by atoms with Crippen molar-refractivity contribution >= 4 is 5.96 Å². The van der Waals surface area contributed by atoms with Crippen LogP contribution in [0.4, 0.5) is 0 Å². The minimum absolute atomic E-state index is 0.475. The van der Waals surface area contributed by atoms with Crippen molar-refractivity contribution in [2.45, 2.75) is 33.6 Å². The first kappa shape index (κ1) is 15.5. The molecule has 108 valence electrons. The standard InChI is InChI=1S/C13H24N4O2/c1-4-18-9-5-7-15-13(14)16-8-6-12-10(2)17-19-11(12)3/h4-9H2,1-3H3,(H3,14,15,16). The van der Waals surface area contributed by atoms with E-state index in [2.05, 4.69) is 15.5 Å². The van der Waals surface area contributed by atoms with Crippen molar-refractivity contribution in [1.82, 2.24) is 10.5 Å². The molecule has 0 fully saturated rings. The highest BCUT2D eigenvalue weighted by Crippen LogP contribution is 2.11. The SMILES string of the molecule is CCOCCCN=C(N)NCCc1c(C)noc1C. The van der Waals surface area contributed by atoms with E-state index in [1.54, 1.807) is 0 Å². The van der Waals surface area contributed by atoms with Crippen LogP contribution in [0.5, 0.6) is 0 Å². The van der Waals surface area contributed by atoms with Gasteiger partial charge in [-0.1, -0.05) is 5.16 Å². The summed E-state index contributed by atoms with van der Waals surface area (Å²) in [5.41, 5.74) is 7.84. The Morgan fingerprint density at radius 1 is 1.47 bits per heavy atom. The fourth-order valence-corrected chi connectivity index (χ4v) is 1.74. The summed E-state index contributed by atoms with van der Waals surface area (Å²) in [7, 11) is 0. The van der Waals surface area contributed by atoms with Crippen LogP contribution in [-0.2, 0) is 11.2 Å². The molecule has 0 bridgehead atoms. The van der Waals surface area contributed by atoms with E-state index in [1.807, 2.05) is 20.8 Å². The second-order valence-electron chi connectivity index (χ2n) is 4.30. The molecule has 0 aromatic carbocycles. The predicted octanol–water partition coefficient (Wildman–Crippen LogP) is 1.16. The van der Waals surface area contributed by atoms with Crippen molar-refractivity contribution < 1.29 is 9.26 Å². The number of nitrogens with one attached hydrogen (secondary N) is 1. The Bertz CT molecular complexity index is 382. The highest BCUT2D eigenvalue weighted by Gasteiger charge is 2.07. The Kier molecular flexibility index (Phi) is 6.95. The molecule has 0 saturated heterocycles. The van der Waals surface area contributed by atoms with E-state index in [0.717, 1.165) is 49.6 Å². The van der Waals surface area contributed by atoms with Gasteiger partial charge in [0, 0.05) is 31.9 Å². The van der Waals surface area contributed by atoms with Crippen LogP contribution >= 0.6 is 0 Å². The molecule has 0 amide bonds. The minimum Gasteiger partial charge on any atom is -0.382 e. The van der Waals surface area contributed by atoms with E-state index in [9.17, 15) is 0 Å². The van der Waals surface area contributed by atoms with Gasteiger partial charge < -0.3 is 20.3 Å². The number of nitrogens with zero attached hydrogens (tertiary/aromatic N) is 2. The molecular formula is C13H24N4O2. The average Bonchev–Trinajstić information content (AvgIpc) is 2.70. The third-order valence-corrected chi connectivity index (χ3v) is 2.80. The summed E-state index contributed by atoms with van der Waals surface area (Å²) in [6, 6.07) is 0. The molecule has 6 heteroatoms. The number of guanidine groups is 1. The molecule has 1 rings (SSSR count). The van der Waals surface area contributed by atoms with Crippen molar-refractivity contribution in [1.29, 1.82) is 0 Å². The molecule has 0 aliphatic carbocycles. The van der Waals surface area contributed by atoms with Gasteiger partial charge in [-0.05, 0) is 33.6 Å². The van der Waals surface area contributed by atoms with E-state index in [-0.39, 0.29) is 0 Å². The number of ether oxygens (including phenoxy) is 1. The fraction of sp³-hybridized carbons (Fsp3) is 0.692. The molecule has 0 aliphatic rings. The maximum absolute atomic E-state index is 5.76. The molecule has 6 nitrogen and oxygen atoms in total. The van der Waals surface area contributed by atoms with Crippen molar-refractivity contribution in [2.75, 3.05) is 26.3 Å². The van der Waals surface area contributed by atoms with E-state index in [0.29, 0.717) is 12.5 Å². The van der Waals surface area contributed by atoms with Crippen LogP contribution in [0.25, 0.3) is 0 Å². The van der Waals surface area contributed by atoms with E-state index in [4.69, 9.17) is 15.0 Å². The minimum atomic E-state index is 0.475. The lowest BCUT2D eigenvalue weighted by molar-refractivity contribution is 0.146. The molecular weight excluding hydrogens is 244 g/mol. The van der Waals surface area contributed by atoms with Gasteiger partial charge in [-0.25, -0.2) is 0 Å². The molecule has 0 saturated carbocycles. The van der Waals surface area contributed by atoms with Crippen LogP contribution in [0.2, 0.25) is 0 Å². The van der Waals surface area contributed by atoms with Crippen LogP contribution in [-0.4, -0.2) is 37.4 Å². The summed E-state index contributed by atoms with van der Waals surface area (Å²) in [6.45, 7) is 8.72. The Hall–Kier alpha value is -1.56. The van der Waals surface area contributed by atoms with Crippen LogP contribution in [0.1, 0.15) is 30.4 Å².